The van der Waals surface area contributed by atoms with Gasteiger partial charge < -0.3 is 64.5 Å². The molecule has 20 nitrogen and oxygen atoms in total. The van der Waals surface area contributed by atoms with Crippen LogP contribution in [0.15, 0.2) is 12.5 Å². The van der Waals surface area contributed by atoms with Crippen LogP contribution >= 0.6 is 12.6 Å². The van der Waals surface area contributed by atoms with Crippen LogP contribution in [0.1, 0.15) is 69.9 Å². The molecule has 16 N–H and O–H groups in total. The fourth-order valence-corrected chi connectivity index (χ4v) is 6.04. The quantitative estimate of drug-likeness (QED) is 0.0201. The Kier molecular flexibility index (Phi) is 20.2. The van der Waals surface area contributed by atoms with Crippen molar-refractivity contribution in [2.75, 3.05) is 31.9 Å². The smallest absolute Gasteiger partial charge is 0.326 e. The van der Waals surface area contributed by atoms with Gasteiger partial charge in [0, 0.05) is 31.5 Å². The summed E-state index contributed by atoms with van der Waals surface area (Å²) in [4.78, 5) is 87.4. The summed E-state index contributed by atoms with van der Waals surface area (Å²) in [6, 6.07) is -6.66. The summed E-state index contributed by atoms with van der Waals surface area (Å²) in [5.41, 5.74) is 23.1. The van der Waals surface area contributed by atoms with Crippen LogP contribution in [0.2, 0.25) is 0 Å². The standard InChI is InChI=1S/C32H57N13O7S/c33-11-3-1-7-20(35)26(46)43-23(15-19-16-38-18-40-19)28(48)41-21(9-5-13-39-32(36)37)27(47)44-24(17-53)29(49)42-22(8-2-4-12-34)30(50)45-14-6-10-25(45)31(51)52/h16,18,20-25,53H,1-15,17,33-35H2,(H,38,40)(H,41,48)(H,42,49)(H,43,46)(H,44,47)(H,51,52)(H4,36,37,39)/t20-,21-,22-,23-,24-,25-/m0/s1. The first kappa shape index (κ1) is 44.7. The van der Waals surface area contributed by atoms with Crippen molar-refractivity contribution in [2.24, 2.45) is 22.9 Å². The van der Waals surface area contributed by atoms with Crippen molar-refractivity contribution in [2.45, 2.75) is 107 Å². The molecule has 0 unspecified atom stereocenters. The number of hydrogen-bond donors (Lipinski definition) is 13. The van der Waals surface area contributed by atoms with Gasteiger partial charge in [-0.3, -0.25) is 29.4 Å². The first-order chi connectivity index (χ1) is 25.3. The molecule has 0 aliphatic carbocycles. The number of aromatic nitrogens is 2. The number of nitrogens with one attached hydrogen (secondary N) is 7. The third-order valence-corrected chi connectivity index (χ3v) is 9.09. The second-order valence-electron chi connectivity index (χ2n) is 12.9. The number of H-pyrrole nitrogens is 1. The van der Waals surface area contributed by atoms with Gasteiger partial charge in [0.25, 0.3) is 0 Å². The predicted molar refractivity (Wildman–Crippen MR) is 199 cm³/mol. The number of likely N-dealkylation sites (tertiary alicyclic amines) is 1. The average Bonchev–Trinajstić information content (AvgIpc) is 3.83. The maximum absolute atomic E-state index is 13.7. The Morgan fingerprint density at radius 2 is 1.47 bits per heavy atom. The first-order valence-electron chi connectivity index (χ1n) is 17.9. The highest BCUT2D eigenvalue weighted by Crippen LogP contribution is 2.20. The molecule has 0 spiro atoms. The van der Waals surface area contributed by atoms with E-state index in [1.54, 1.807) is 6.20 Å². The lowest BCUT2D eigenvalue weighted by atomic mass is 10.1. The topological polar surface area (TPSA) is 343 Å². The molecule has 2 heterocycles. The average molecular weight is 768 g/mol. The van der Waals surface area contributed by atoms with Crippen LogP contribution < -0.4 is 49.5 Å². The van der Waals surface area contributed by atoms with Crippen molar-refractivity contribution in [3.63, 3.8) is 0 Å². The van der Waals surface area contributed by atoms with E-state index in [2.05, 4.69) is 49.2 Å². The molecule has 298 valence electrons. The number of rotatable bonds is 25. The summed E-state index contributed by atoms with van der Waals surface area (Å²) in [6.45, 7) is 1.22. The van der Waals surface area contributed by atoms with Gasteiger partial charge in [0.1, 0.15) is 30.2 Å². The lowest BCUT2D eigenvalue weighted by Gasteiger charge is -2.29. The Labute approximate surface area is 314 Å². The summed E-state index contributed by atoms with van der Waals surface area (Å²) in [7, 11) is 0. The number of carboxylic acids is 1. The van der Waals surface area contributed by atoms with Gasteiger partial charge >= 0.3 is 5.97 Å². The number of hydrogen-bond acceptors (Lipinski definition) is 12. The maximum atomic E-state index is 13.7. The number of amides is 5. The molecule has 1 aromatic rings. The SMILES string of the molecule is N=C(N)NCCC[C@H](NC(=O)[C@H](Cc1c[nH]cn1)NC(=O)[C@@H](N)CCCCN)C(=O)N[C@@H](CS)C(=O)N[C@@H](CCCCN)C(=O)N1CCC[C@H]1C(=O)O. The fourth-order valence-electron chi connectivity index (χ4n) is 5.79. The van der Waals surface area contributed by atoms with Crippen molar-refractivity contribution in [1.29, 1.82) is 5.41 Å². The molecule has 0 saturated carbocycles. The zero-order valence-electron chi connectivity index (χ0n) is 30.0. The lowest BCUT2D eigenvalue weighted by Crippen LogP contribution is -2.60. The van der Waals surface area contributed by atoms with E-state index in [9.17, 15) is 33.9 Å². The highest BCUT2D eigenvalue weighted by atomic mass is 32.1. The number of carbonyl (C=O) groups is 6. The van der Waals surface area contributed by atoms with Crippen molar-refractivity contribution in [3.05, 3.63) is 18.2 Å². The molecule has 21 heteroatoms. The molecule has 2 rings (SSSR count). The normalized spacial score (nSPS) is 16.8. The molecule has 1 fully saturated rings. The van der Waals surface area contributed by atoms with Gasteiger partial charge in [0.2, 0.25) is 29.5 Å². The molecule has 6 atom stereocenters. The van der Waals surface area contributed by atoms with Gasteiger partial charge in [-0.2, -0.15) is 12.6 Å². The largest absolute Gasteiger partial charge is 0.480 e. The minimum atomic E-state index is -1.26. The number of carbonyl (C=O) groups excluding carboxylic acids is 5. The second kappa shape index (κ2) is 24.0. The summed E-state index contributed by atoms with van der Waals surface area (Å²) in [6.07, 6.45) is 6.91. The highest BCUT2D eigenvalue weighted by Gasteiger charge is 2.38. The Bertz CT molecular complexity index is 1350. The van der Waals surface area contributed by atoms with E-state index in [0.29, 0.717) is 63.7 Å². The monoisotopic (exact) mass is 767 g/mol. The minimum Gasteiger partial charge on any atom is -0.480 e. The minimum absolute atomic E-state index is 0.0299. The number of thiol groups is 1. The van der Waals surface area contributed by atoms with E-state index in [-0.39, 0.29) is 50.5 Å². The summed E-state index contributed by atoms with van der Waals surface area (Å²) in [5.74, 6) is -4.93. The van der Waals surface area contributed by atoms with Crippen LogP contribution in [-0.4, -0.2) is 130 Å². The number of nitrogens with zero attached hydrogens (tertiary/aromatic N) is 2. The Morgan fingerprint density at radius 3 is 2.08 bits per heavy atom. The van der Waals surface area contributed by atoms with Crippen LogP contribution in [0.4, 0.5) is 0 Å². The van der Waals surface area contributed by atoms with E-state index in [1.165, 1.54) is 11.2 Å². The van der Waals surface area contributed by atoms with Gasteiger partial charge in [-0.05, 0) is 70.9 Å². The molecule has 5 amide bonds. The molecule has 1 aromatic heterocycles. The molecule has 0 radical (unpaired) electrons. The molecule has 0 aromatic carbocycles. The number of aromatic amines is 1. The van der Waals surface area contributed by atoms with Crippen molar-refractivity contribution in [1.82, 2.24) is 41.5 Å². The number of carboxylic acid groups (broad SMARTS) is 1. The molecule has 1 aliphatic heterocycles. The predicted octanol–water partition coefficient (Wildman–Crippen LogP) is -3.25. The maximum Gasteiger partial charge on any atom is 0.326 e. The first-order valence-corrected chi connectivity index (χ1v) is 18.5. The van der Waals surface area contributed by atoms with Crippen LogP contribution in [0.3, 0.4) is 0 Å². The molecule has 53 heavy (non-hydrogen) atoms. The summed E-state index contributed by atoms with van der Waals surface area (Å²) in [5, 5.41) is 30.3. The van der Waals surface area contributed by atoms with E-state index in [1.807, 2.05) is 0 Å². The van der Waals surface area contributed by atoms with Gasteiger partial charge in [-0.15, -0.1) is 0 Å². The summed E-state index contributed by atoms with van der Waals surface area (Å²) >= 11 is 4.26. The van der Waals surface area contributed by atoms with E-state index < -0.39 is 71.8 Å². The second-order valence-corrected chi connectivity index (χ2v) is 13.2. The lowest BCUT2D eigenvalue weighted by molar-refractivity contribution is -0.149. The Hall–Kier alpha value is -4.47. The third-order valence-electron chi connectivity index (χ3n) is 8.72. The number of nitrogens with two attached hydrogens (primary N) is 4. The van der Waals surface area contributed by atoms with Crippen LogP contribution in [0, 0.1) is 5.41 Å². The number of guanidine groups is 1. The van der Waals surface area contributed by atoms with Crippen molar-refractivity contribution in [3.8, 4) is 0 Å². The van der Waals surface area contributed by atoms with Gasteiger partial charge in [0.05, 0.1) is 18.1 Å². The molecule has 1 saturated heterocycles. The highest BCUT2D eigenvalue weighted by molar-refractivity contribution is 7.80. The number of imidazole rings is 1. The molecule has 0 bridgehead atoms. The van der Waals surface area contributed by atoms with Crippen LogP contribution in [0.5, 0.6) is 0 Å². The van der Waals surface area contributed by atoms with Gasteiger partial charge in [0.15, 0.2) is 5.96 Å². The summed E-state index contributed by atoms with van der Waals surface area (Å²) < 4.78 is 0. The van der Waals surface area contributed by atoms with Crippen molar-refractivity contribution < 1.29 is 33.9 Å². The van der Waals surface area contributed by atoms with Crippen LogP contribution in [0.25, 0.3) is 0 Å². The van der Waals surface area contributed by atoms with Gasteiger partial charge in [-0.25, -0.2) is 9.78 Å². The third kappa shape index (κ3) is 15.6. The Morgan fingerprint density at radius 1 is 0.887 bits per heavy atom. The zero-order chi connectivity index (χ0) is 39.3. The van der Waals surface area contributed by atoms with Crippen LogP contribution in [-0.2, 0) is 35.2 Å². The number of aliphatic carboxylic acids is 1. The van der Waals surface area contributed by atoms with E-state index in [0.717, 1.165) is 0 Å². The zero-order valence-corrected chi connectivity index (χ0v) is 30.9. The van der Waals surface area contributed by atoms with E-state index >= 15 is 0 Å². The van der Waals surface area contributed by atoms with Crippen molar-refractivity contribution >= 4 is 54.1 Å². The number of unbranched alkanes of at least 4 members (excludes halogenated alkanes) is 2. The molecular weight excluding hydrogens is 711 g/mol. The van der Waals surface area contributed by atoms with Gasteiger partial charge in [-0.1, -0.05) is 6.42 Å². The van der Waals surface area contributed by atoms with E-state index in [4.69, 9.17) is 28.3 Å². The molecule has 1 aliphatic rings. The fraction of sp³-hybridized carbons (Fsp3) is 0.688. The molecular formula is C32H57N13O7S. The Balaban J connectivity index is 2.25.